The number of aliphatic carboxylic acids is 1. The van der Waals surface area contributed by atoms with Gasteiger partial charge in [0.05, 0.1) is 14.0 Å². The van der Waals surface area contributed by atoms with E-state index < -0.39 is 31.0 Å². The van der Waals surface area contributed by atoms with E-state index in [1.54, 1.807) is 0 Å². The van der Waals surface area contributed by atoms with Gasteiger partial charge in [0.25, 0.3) is 0 Å². The third kappa shape index (κ3) is 2.74. The van der Waals surface area contributed by atoms with E-state index in [0.717, 1.165) is 16.4 Å². The monoisotopic (exact) mass is 488 g/mol. The molecule has 144 valence electrons. The van der Waals surface area contributed by atoms with Crippen LogP contribution in [0.1, 0.15) is 33.6 Å². The van der Waals surface area contributed by atoms with E-state index in [0.29, 0.717) is 0 Å². The third-order valence-corrected chi connectivity index (χ3v) is 9.07. The first-order chi connectivity index (χ1) is 11.8. The molecule has 2 aliphatic carbocycles. The Hall–Kier alpha value is -0.633. The van der Waals surface area contributed by atoms with Gasteiger partial charge in [-0.25, -0.2) is 0 Å². The van der Waals surface area contributed by atoms with Crippen LogP contribution in [0.2, 0.25) is 19.6 Å². The van der Waals surface area contributed by atoms with E-state index in [1.807, 2.05) is 13.0 Å². The molecule has 5 atom stereocenters. The molecule has 4 aliphatic rings. The Morgan fingerprint density at radius 3 is 2.50 bits per heavy atom. The predicted molar refractivity (Wildman–Crippen MR) is 113 cm³/mol. The highest BCUT2D eigenvalue weighted by Gasteiger charge is 2.71. The summed E-state index contributed by atoms with van der Waals surface area (Å²) in [5.41, 5.74) is 0.366. The average Bonchev–Trinajstić information content (AvgIpc) is 2.46. The normalized spacial score (nSPS) is 41.6. The fourth-order valence-electron chi connectivity index (χ4n) is 5.31. The summed E-state index contributed by atoms with van der Waals surface area (Å²) in [6.45, 7) is 12.9. The molecule has 1 N–H and O–H groups in total. The highest BCUT2D eigenvalue weighted by atomic mass is 127. The molecule has 2 aliphatic heterocycles. The van der Waals surface area contributed by atoms with Crippen molar-refractivity contribution in [2.75, 3.05) is 0 Å². The van der Waals surface area contributed by atoms with Crippen LogP contribution in [0, 0.1) is 28.6 Å². The smallest absolute Gasteiger partial charge is 0.314 e. The van der Waals surface area contributed by atoms with Gasteiger partial charge in [0.1, 0.15) is 5.92 Å². The zero-order valence-corrected chi connectivity index (χ0v) is 19.6. The summed E-state index contributed by atoms with van der Waals surface area (Å²) in [7, 11) is -1.48. The number of halogens is 1. The van der Waals surface area contributed by atoms with E-state index in [-0.39, 0.29) is 23.2 Å². The molecule has 0 aromatic rings. The molecule has 2 fully saturated rings. The molecule has 4 rings (SSSR count). The summed E-state index contributed by atoms with van der Waals surface area (Å²) in [5.74, 6) is -2.16. The fourth-order valence-corrected chi connectivity index (χ4v) is 7.35. The summed E-state index contributed by atoms with van der Waals surface area (Å²) in [6, 6.07) is 0. The van der Waals surface area contributed by atoms with Gasteiger partial charge in [0.15, 0.2) is 5.60 Å². The van der Waals surface area contributed by atoms with Crippen LogP contribution in [0.4, 0.5) is 0 Å². The van der Waals surface area contributed by atoms with Gasteiger partial charge in [-0.3, -0.25) is 9.59 Å². The Morgan fingerprint density at radius 1 is 1.35 bits per heavy atom. The van der Waals surface area contributed by atoms with Crippen LogP contribution in [0.15, 0.2) is 21.4 Å². The van der Waals surface area contributed by atoms with Crippen LogP contribution in [-0.4, -0.2) is 30.7 Å². The minimum atomic E-state index is -1.48. The van der Waals surface area contributed by atoms with E-state index in [4.69, 9.17) is 4.74 Å². The molecule has 0 aromatic carbocycles. The number of esters is 1. The Morgan fingerprint density at radius 2 is 1.96 bits per heavy atom. The predicted octanol–water partition coefficient (Wildman–Crippen LogP) is 4.81. The van der Waals surface area contributed by atoms with Crippen molar-refractivity contribution >= 4 is 42.6 Å². The van der Waals surface area contributed by atoms with Crippen LogP contribution < -0.4 is 0 Å². The first-order valence-electron chi connectivity index (χ1n) is 9.29. The Bertz CT molecular complexity index is 720. The van der Waals surface area contributed by atoms with E-state index in [1.165, 1.54) is 0 Å². The van der Waals surface area contributed by atoms with Crippen LogP contribution >= 0.6 is 22.6 Å². The van der Waals surface area contributed by atoms with Crippen molar-refractivity contribution in [3.63, 3.8) is 0 Å². The first kappa shape index (κ1) is 20.1. The Labute approximate surface area is 170 Å². The highest BCUT2D eigenvalue weighted by molar-refractivity contribution is 14.1. The van der Waals surface area contributed by atoms with Gasteiger partial charge >= 0.3 is 11.9 Å². The minimum Gasteiger partial charge on any atom is -0.481 e. The van der Waals surface area contributed by atoms with Gasteiger partial charge in [0.2, 0.25) is 0 Å². The van der Waals surface area contributed by atoms with Crippen molar-refractivity contribution in [2.45, 2.75) is 58.9 Å². The molecule has 1 saturated heterocycles. The maximum absolute atomic E-state index is 12.7. The summed E-state index contributed by atoms with van der Waals surface area (Å²) in [4.78, 5) is 25.2. The van der Waals surface area contributed by atoms with Crippen molar-refractivity contribution in [3.05, 3.63) is 21.4 Å². The lowest BCUT2D eigenvalue weighted by molar-refractivity contribution is -0.230. The number of hydrogen-bond donors (Lipinski definition) is 1. The standard InChI is InChI=1S/C20H29IO4Si/c1-18(2)12-11-14(21)20(25-17(12)24)13(18)7-8-19(3,15(20)16(22)23)9-10-26(4,5)6/h9-13,15H,7-8H2,1-6H3,(H,22,23)/b10-9+/t12-,13+,15+,19?,20+/m1/s1. The molecule has 26 heavy (non-hydrogen) atoms. The minimum absolute atomic E-state index is 0.0315. The van der Waals surface area contributed by atoms with Crippen LogP contribution in [0.3, 0.4) is 0 Å². The molecule has 0 radical (unpaired) electrons. The number of fused-ring (bicyclic) bond motifs is 1. The number of carbonyl (C=O) groups is 2. The van der Waals surface area contributed by atoms with Gasteiger partial charge in [-0.1, -0.05) is 58.3 Å². The maximum atomic E-state index is 12.7. The van der Waals surface area contributed by atoms with Crippen molar-refractivity contribution in [2.24, 2.45) is 28.6 Å². The van der Waals surface area contributed by atoms with Crippen molar-refractivity contribution in [1.29, 1.82) is 0 Å². The molecule has 0 amide bonds. The quantitative estimate of drug-likeness (QED) is 0.352. The second-order valence-corrected chi connectivity index (χ2v) is 16.3. The second-order valence-electron chi connectivity index (χ2n) is 10.1. The van der Waals surface area contributed by atoms with Gasteiger partial charge in [0, 0.05) is 14.9 Å². The summed E-state index contributed by atoms with van der Waals surface area (Å²) >= 11 is 2.22. The molecule has 0 aromatic heterocycles. The zero-order chi connectivity index (χ0) is 19.7. The number of carboxylic acid groups (broad SMARTS) is 1. The lowest BCUT2D eigenvalue weighted by atomic mass is 9.46. The fraction of sp³-hybridized carbons (Fsp3) is 0.700. The number of ether oxygens (including phenoxy) is 1. The highest BCUT2D eigenvalue weighted by Crippen LogP contribution is 2.67. The molecule has 2 bridgehead atoms. The molecule has 2 heterocycles. The van der Waals surface area contributed by atoms with Crippen molar-refractivity contribution < 1.29 is 19.4 Å². The lowest BCUT2D eigenvalue weighted by Crippen LogP contribution is -2.70. The van der Waals surface area contributed by atoms with Gasteiger partial charge in [-0.15, -0.1) is 0 Å². The number of carbonyl (C=O) groups excluding carboxylic acids is 1. The molecule has 1 unspecified atom stereocenters. The van der Waals surface area contributed by atoms with Gasteiger partial charge < -0.3 is 9.84 Å². The second kappa shape index (κ2) is 5.93. The van der Waals surface area contributed by atoms with E-state index in [2.05, 4.69) is 67.9 Å². The number of hydrogen-bond acceptors (Lipinski definition) is 3. The van der Waals surface area contributed by atoms with Crippen molar-refractivity contribution in [1.82, 2.24) is 0 Å². The topological polar surface area (TPSA) is 63.6 Å². The zero-order valence-electron chi connectivity index (χ0n) is 16.4. The number of allylic oxidation sites excluding steroid dienone is 1. The number of carboxylic acids is 1. The largest absolute Gasteiger partial charge is 0.481 e. The Balaban J connectivity index is 2.20. The summed E-state index contributed by atoms with van der Waals surface area (Å²) in [5, 5.41) is 10.3. The molecular formula is C20H29IO4Si. The van der Waals surface area contributed by atoms with Gasteiger partial charge in [-0.2, -0.15) is 0 Å². The Kier molecular flexibility index (Phi) is 4.59. The SMILES string of the molecule is CC1(/C=C/[Si](C)(C)C)CC[C@H]2C(C)(C)[C@@H]3C=C(I)[C@]2(OC3=O)[C@H]1C(=O)O. The summed E-state index contributed by atoms with van der Waals surface area (Å²) < 4.78 is 6.90. The molecular weight excluding hydrogens is 459 g/mol. The maximum Gasteiger partial charge on any atom is 0.314 e. The summed E-state index contributed by atoms with van der Waals surface area (Å²) in [6.07, 6.45) is 5.75. The van der Waals surface area contributed by atoms with E-state index in [9.17, 15) is 14.7 Å². The van der Waals surface area contributed by atoms with E-state index >= 15 is 0 Å². The molecule has 6 heteroatoms. The van der Waals surface area contributed by atoms with Crippen molar-refractivity contribution in [3.8, 4) is 0 Å². The van der Waals surface area contributed by atoms with Gasteiger partial charge in [-0.05, 0) is 40.8 Å². The average molecular weight is 488 g/mol. The third-order valence-electron chi connectivity index (χ3n) is 6.70. The van der Waals surface area contributed by atoms with Crippen LogP contribution in [0.5, 0.6) is 0 Å². The first-order valence-corrected chi connectivity index (χ1v) is 14.0. The van der Waals surface area contributed by atoms with Crippen LogP contribution in [-0.2, 0) is 14.3 Å². The molecule has 1 saturated carbocycles. The van der Waals surface area contributed by atoms with Crippen LogP contribution in [0.25, 0.3) is 0 Å². The molecule has 4 nitrogen and oxygen atoms in total. The molecule has 1 spiro atoms. The number of rotatable bonds is 3. The lowest BCUT2D eigenvalue weighted by Gasteiger charge is -2.64.